The maximum absolute atomic E-state index is 12.1. The lowest BCUT2D eigenvalue weighted by atomic mass is 10.1. The second-order valence-electron chi connectivity index (χ2n) is 4.58. The Labute approximate surface area is 130 Å². The minimum absolute atomic E-state index is 0.158. The molecule has 0 spiro atoms. The summed E-state index contributed by atoms with van der Waals surface area (Å²) in [6.07, 6.45) is 0.760. The smallest absolute Gasteiger partial charge is 0.257 e. The molecule has 0 radical (unpaired) electrons. The van der Waals surface area contributed by atoms with Crippen LogP contribution >= 0.6 is 22.7 Å². The Morgan fingerprint density at radius 1 is 1.19 bits per heavy atom. The maximum Gasteiger partial charge on any atom is 0.257 e. The lowest BCUT2D eigenvalue weighted by Crippen LogP contribution is -2.11. The third kappa shape index (κ3) is 3.53. The molecule has 1 aromatic carbocycles. The fourth-order valence-corrected chi connectivity index (χ4v) is 3.37. The number of anilines is 1. The summed E-state index contributed by atoms with van der Waals surface area (Å²) in [6.45, 7) is 1.99. The summed E-state index contributed by atoms with van der Waals surface area (Å²) in [5.74, 6) is -0.158. The molecule has 1 N–H and O–H groups in total. The van der Waals surface area contributed by atoms with Crippen LogP contribution < -0.4 is 5.32 Å². The van der Waals surface area contributed by atoms with Crippen LogP contribution in [0.3, 0.4) is 0 Å². The van der Waals surface area contributed by atoms with Gasteiger partial charge in [0.25, 0.3) is 5.91 Å². The van der Waals surface area contributed by atoms with Gasteiger partial charge in [-0.15, -0.1) is 21.5 Å². The Morgan fingerprint density at radius 2 is 2.00 bits per heavy atom. The molecule has 2 heterocycles. The molecule has 3 aromatic rings. The first-order valence-electron chi connectivity index (χ1n) is 6.43. The number of benzene rings is 1. The number of aryl methyl sites for hydroxylation is 1. The number of rotatable bonds is 4. The summed E-state index contributed by atoms with van der Waals surface area (Å²) in [7, 11) is 0. The summed E-state index contributed by atoms with van der Waals surface area (Å²) < 4.78 is 0. The maximum atomic E-state index is 12.1. The molecule has 21 heavy (non-hydrogen) atoms. The second kappa shape index (κ2) is 6.15. The third-order valence-corrected chi connectivity index (χ3v) is 4.62. The molecular weight excluding hydrogens is 302 g/mol. The molecule has 6 heteroatoms. The number of aromatic nitrogens is 2. The molecular formula is C15H13N3OS2. The predicted octanol–water partition coefficient (Wildman–Crippen LogP) is 3.75. The van der Waals surface area contributed by atoms with Gasteiger partial charge in [-0.1, -0.05) is 35.1 Å². The van der Waals surface area contributed by atoms with Gasteiger partial charge in [0.1, 0.15) is 5.01 Å². The quantitative estimate of drug-likeness (QED) is 0.797. The first-order chi connectivity index (χ1) is 10.2. The lowest BCUT2D eigenvalue weighted by Gasteiger charge is -2.01. The number of carbonyl (C=O) groups is 1. The van der Waals surface area contributed by atoms with Gasteiger partial charge in [0, 0.05) is 16.9 Å². The van der Waals surface area contributed by atoms with Gasteiger partial charge in [-0.05, 0) is 30.5 Å². The summed E-state index contributed by atoms with van der Waals surface area (Å²) in [5.41, 5.74) is 1.75. The van der Waals surface area contributed by atoms with Crippen LogP contribution in [0, 0.1) is 6.92 Å². The number of hydrogen-bond acceptors (Lipinski definition) is 5. The Hall–Kier alpha value is -2.05. The van der Waals surface area contributed by atoms with E-state index in [4.69, 9.17) is 0 Å². The van der Waals surface area contributed by atoms with Crippen molar-refractivity contribution in [3.8, 4) is 0 Å². The van der Waals surface area contributed by atoms with Gasteiger partial charge in [-0.2, -0.15) is 0 Å². The average molecular weight is 315 g/mol. The topological polar surface area (TPSA) is 54.9 Å². The standard InChI is InChI=1S/C15H13N3OS2/c1-10-4-6-11(7-5-10)14(19)16-15-18-17-13(21-15)9-12-3-2-8-20-12/h2-8H,9H2,1H3,(H,16,18,19). The highest BCUT2D eigenvalue weighted by Gasteiger charge is 2.10. The Bertz CT molecular complexity index is 733. The van der Waals surface area contributed by atoms with E-state index in [9.17, 15) is 4.79 Å². The van der Waals surface area contributed by atoms with Crippen molar-refractivity contribution in [3.05, 3.63) is 62.8 Å². The van der Waals surface area contributed by atoms with E-state index in [2.05, 4.69) is 21.6 Å². The molecule has 1 amide bonds. The van der Waals surface area contributed by atoms with E-state index < -0.39 is 0 Å². The highest BCUT2D eigenvalue weighted by molar-refractivity contribution is 7.15. The normalized spacial score (nSPS) is 10.5. The second-order valence-corrected chi connectivity index (χ2v) is 6.67. The van der Waals surface area contributed by atoms with Gasteiger partial charge in [-0.25, -0.2) is 0 Å². The van der Waals surface area contributed by atoms with Gasteiger partial charge in [0.2, 0.25) is 5.13 Å². The summed E-state index contributed by atoms with van der Waals surface area (Å²) in [6, 6.07) is 11.5. The molecule has 0 atom stereocenters. The van der Waals surface area contributed by atoms with Gasteiger partial charge >= 0.3 is 0 Å². The van der Waals surface area contributed by atoms with Gasteiger partial charge in [0.15, 0.2) is 0 Å². The average Bonchev–Trinajstić information content (AvgIpc) is 3.12. The summed E-state index contributed by atoms with van der Waals surface area (Å²) in [5, 5.41) is 14.4. The van der Waals surface area contributed by atoms with Crippen molar-refractivity contribution in [3.63, 3.8) is 0 Å². The number of nitrogens with one attached hydrogen (secondary N) is 1. The molecule has 0 aliphatic rings. The molecule has 0 aliphatic heterocycles. The number of nitrogens with zero attached hydrogens (tertiary/aromatic N) is 2. The van der Waals surface area contributed by atoms with Crippen molar-refractivity contribution < 1.29 is 4.79 Å². The number of hydrogen-bond donors (Lipinski definition) is 1. The molecule has 0 saturated heterocycles. The zero-order valence-electron chi connectivity index (χ0n) is 11.4. The van der Waals surface area contributed by atoms with Crippen molar-refractivity contribution in [2.24, 2.45) is 0 Å². The lowest BCUT2D eigenvalue weighted by molar-refractivity contribution is 0.102. The fourth-order valence-electron chi connectivity index (χ4n) is 1.81. The van der Waals surface area contributed by atoms with Crippen LogP contribution in [0.2, 0.25) is 0 Å². The van der Waals surface area contributed by atoms with E-state index in [1.807, 2.05) is 30.5 Å². The molecule has 0 bridgehead atoms. The highest BCUT2D eigenvalue weighted by Crippen LogP contribution is 2.21. The van der Waals surface area contributed by atoms with E-state index >= 15 is 0 Å². The van der Waals surface area contributed by atoms with E-state index in [1.54, 1.807) is 23.5 Å². The molecule has 0 unspecified atom stereocenters. The van der Waals surface area contributed by atoms with Crippen molar-refractivity contribution in [2.45, 2.75) is 13.3 Å². The molecule has 106 valence electrons. The van der Waals surface area contributed by atoms with E-state index in [0.717, 1.165) is 17.0 Å². The molecule has 4 nitrogen and oxygen atoms in total. The van der Waals surface area contributed by atoms with Crippen molar-refractivity contribution in [2.75, 3.05) is 5.32 Å². The van der Waals surface area contributed by atoms with Crippen LogP contribution in [0.1, 0.15) is 25.8 Å². The molecule has 0 aliphatic carbocycles. The predicted molar refractivity (Wildman–Crippen MR) is 86.2 cm³/mol. The monoisotopic (exact) mass is 315 g/mol. The van der Waals surface area contributed by atoms with Crippen LogP contribution in [-0.4, -0.2) is 16.1 Å². The Morgan fingerprint density at radius 3 is 2.71 bits per heavy atom. The van der Waals surface area contributed by atoms with Crippen LogP contribution in [0.4, 0.5) is 5.13 Å². The minimum atomic E-state index is -0.158. The molecule has 0 fully saturated rings. The van der Waals surface area contributed by atoms with Crippen LogP contribution in [-0.2, 0) is 6.42 Å². The number of amides is 1. The number of thiophene rings is 1. The van der Waals surface area contributed by atoms with Gasteiger partial charge in [0.05, 0.1) is 0 Å². The van der Waals surface area contributed by atoms with Crippen LogP contribution in [0.5, 0.6) is 0 Å². The van der Waals surface area contributed by atoms with E-state index in [1.165, 1.54) is 16.2 Å². The van der Waals surface area contributed by atoms with Gasteiger partial charge < -0.3 is 0 Å². The van der Waals surface area contributed by atoms with Crippen molar-refractivity contribution in [1.82, 2.24) is 10.2 Å². The third-order valence-electron chi connectivity index (χ3n) is 2.91. The van der Waals surface area contributed by atoms with Crippen LogP contribution in [0.15, 0.2) is 41.8 Å². The zero-order chi connectivity index (χ0) is 14.7. The minimum Gasteiger partial charge on any atom is -0.296 e. The van der Waals surface area contributed by atoms with Gasteiger partial charge in [-0.3, -0.25) is 10.1 Å². The first-order valence-corrected chi connectivity index (χ1v) is 8.13. The zero-order valence-corrected chi connectivity index (χ0v) is 13.0. The fraction of sp³-hybridized carbons (Fsp3) is 0.133. The molecule has 2 aromatic heterocycles. The summed E-state index contributed by atoms with van der Waals surface area (Å²) in [4.78, 5) is 13.3. The summed E-state index contributed by atoms with van der Waals surface area (Å²) >= 11 is 3.10. The van der Waals surface area contributed by atoms with E-state index in [0.29, 0.717) is 10.7 Å². The number of carbonyl (C=O) groups excluding carboxylic acids is 1. The van der Waals surface area contributed by atoms with Crippen LogP contribution in [0.25, 0.3) is 0 Å². The largest absolute Gasteiger partial charge is 0.296 e. The van der Waals surface area contributed by atoms with Crippen molar-refractivity contribution >= 4 is 33.7 Å². The molecule has 3 rings (SSSR count). The molecule has 0 saturated carbocycles. The first kappa shape index (κ1) is 13.9. The van der Waals surface area contributed by atoms with E-state index in [-0.39, 0.29) is 5.91 Å². The Kier molecular flexibility index (Phi) is 4.08. The SMILES string of the molecule is Cc1ccc(C(=O)Nc2nnc(Cc3cccs3)s2)cc1. The highest BCUT2D eigenvalue weighted by atomic mass is 32.1. The Balaban J connectivity index is 1.66. The van der Waals surface area contributed by atoms with Crippen molar-refractivity contribution in [1.29, 1.82) is 0 Å².